The van der Waals surface area contributed by atoms with Crippen LogP contribution >= 0.6 is 11.6 Å². The van der Waals surface area contributed by atoms with Crippen molar-refractivity contribution in [1.29, 1.82) is 0 Å². The molecule has 2 aromatic carbocycles. The first kappa shape index (κ1) is 42.9. The standard InChI is InChI=1S/C44H65ClN4O6S/c1-8-10-21-44(55-9-2,49-24-22-48(23-25-49)42(4,5)6)38-16-13-35(38)29-47-30-43(20-11-12-33-27-36(45)15-17-37(33)43)31-54-40-18-14-34(28-39(40)47)41(50)46-56(51,52)32(3)19-26-53-7/h10,14-15,17-18,21,27-28,32,35,38H,8-9,11-13,16,19-20,22-26,29-31H2,1-7H3,(H,46,50)/b21-10+/t32-,35-,38+,43-,44+/m0/s1. The number of allylic oxidation sites excluding steroid dienone is 1. The van der Waals surface area contributed by atoms with E-state index in [1.54, 1.807) is 13.0 Å². The molecular weight excluding hydrogens is 748 g/mol. The smallest absolute Gasteiger partial charge is 0.264 e. The van der Waals surface area contributed by atoms with Crippen molar-refractivity contribution in [2.24, 2.45) is 11.8 Å². The quantitative estimate of drug-likeness (QED) is 0.195. The highest BCUT2D eigenvalue weighted by Crippen LogP contribution is 2.50. The zero-order valence-corrected chi connectivity index (χ0v) is 36.3. The van der Waals surface area contributed by atoms with Crippen molar-refractivity contribution in [3.8, 4) is 5.75 Å². The topological polar surface area (TPSA) is 101 Å². The van der Waals surface area contributed by atoms with Crippen LogP contribution < -0.4 is 14.4 Å². The van der Waals surface area contributed by atoms with Gasteiger partial charge in [-0.15, -0.1) is 0 Å². The van der Waals surface area contributed by atoms with E-state index in [0.29, 0.717) is 31.4 Å². The van der Waals surface area contributed by atoms with Crippen LogP contribution in [0.15, 0.2) is 48.6 Å². The van der Waals surface area contributed by atoms with E-state index in [0.717, 1.165) is 82.0 Å². The second-order valence-electron chi connectivity index (χ2n) is 17.4. The van der Waals surface area contributed by atoms with Gasteiger partial charge < -0.3 is 19.1 Å². The predicted octanol–water partition coefficient (Wildman–Crippen LogP) is 7.44. The fraction of sp³-hybridized carbons (Fsp3) is 0.659. The molecule has 6 rings (SSSR count). The molecule has 12 heteroatoms. The minimum atomic E-state index is -3.92. The molecule has 0 radical (unpaired) electrons. The maximum atomic E-state index is 13.7. The number of ether oxygens (including phenoxy) is 3. The number of aryl methyl sites for hydroxylation is 1. The number of hydrogen-bond acceptors (Lipinski definition) is 9. The van der Waals surface area contributed by atoms with Crippen LogP contribution in [0, 0.1) is 11.8 Å². The molecule has 56 heavy (non-hydrogen) atoms. The van der Waals surface area contributed by atoms with E-state index < -0.39 is 26.9 Å². The predicted molar refractivity (Wildman–Crippen MR) is 225 cm³/mol. The lowest BCUT2D eigenvalue weighted by Crippen LogP contribution is -2.66. The Labute approximate surface area is 341 Å². The fourth-order valence-electron chi connectivity index (χ4n) is 9.55. The van der Waals surface area contributed by atoms with Gasteiger partial charge in [0.05, 0.1) is 17.5 Å². The van der Waals surface area contributed by atoms with Gasteiger partial charge in [0.25, 0.3) is 5.91 Å². The molecule has 1 spiro atoms. The van der Waals surface area contributed by atoms with Crippen LogP contribution in [0.2, 0.25) is 5.02 Å². The third kappa shape index (κ3) is 8.98. The summed E-state index contributed by atoms with van der Waals surface area (Å²) in [7, 11) is -2.38. The van der Waals surface area contributed by atoms with Crippen molar-refractivity contribution in [1.82, 2.24) is 14.5 Å². The molecule has 2 aliphatic carbocycles. The number of piperazine rings is 1. The Morgan fingerprint density at radius 3 is 2.50 bits per heavy atom. The molecule has 1 saturated heterocycles. The molecule has 310 valence electrons. The Bertz CT molecular complexity index is 1830. The van der Waals surface area contributed by atoms with Gasteiger partial charge in [0.15, 0.2) is 0 Å². The van der Waals surface area contributed by atoms with Crippen LogP contribution in [0.5, 0.6) is 5.75 Å². The Kier molecular flexibility index (Phi) is 13.5. The summed E-state index contributed by atoms with van der Waals surface area (Å²) in [5.41, 5.74) is 2.94. The molecule has 1 saturated carbocycles. The molecule has 10 nitrogen and oxygen atoms in total. The highest BCUT2D eigenvalue weighted by molar-refractivity contribution is 7.90. The van der Waals surface area contributed by atoms with E-state index in [1.807, 2.05) is 18.2 Å². The summed E-state index contributed by atoms with van der Waals surface area (Å²) in [6.07, 6.45) is 10.9. The van der Waals surface area contributed by atoms with Gasteiger partial charge in [-0.3, -0.25) is 14.6 Å². The lowest BCUT2D eigenvalue weighted by molar-refractivity contribution is -0.197. The van der Waals surface area contributed by atoms with Gasteiger partial charge in [0, 0.05) is 87.1 Å². The van der Waals surface area contributed by atoms with Gasteiger partial charge in [0.2, 0.25) is 10.0 Å². The molecule has 1 amide bonds. The molecule has 0 aromatic heterocycles. The molecule has 2 aromatic rings. The maximum Gasteiger partial charge on any atom is 0.264 e. The highest BCUT2D eigenvalue weighted by Gasteiger charge is 2.52. The molecule has 2 aliphatic heterocycles. The largest absolute Gasteiger partial charge is 0.490 e. The van der Waals surface area contributed by atoms with Crippen molar-refractivity contribution in [3.05, 3.63) is 70.3 Å². The monoisotopic (exact) mass is 812 g/mol. The number of benzene rings is 2. The van der Waals surface area contributed by atoms with E-state index >= 15 is 0 Å². The summed E-state index contributed by atoms with van der Waals surface area (Å²) in [6, 6.07) is 11.6. The molecule has 0 unspecified atom stereocenters. The molecule has 2 heterocycles. The maximum absolute atomic E-state index is 13.7. The molecule has 1 N–H and O–H groups in total. The van der Waals surface area contributed by atoms with Crippen molar-refractivity contribution in [3.63, 3.8) is 0 Å². The number of amides is 1. The van der Waals surface area contributed by atoms with E-state index in [1.165, 1.54) is 18.2 Å². The molecule has 5 atom stereocenters. The molecule has 4 aliphatic rings. The molecule has 2 fully saturated rings. The van der Waals surface area contributed by atoms with Crippen molar-refractivity contribution < 1.29 is 27.4 Å². The second kappa shape index (κ2) is 17.7. The van der Waals surface area contributed by atoms with E-state index in [2.05, 4.69) is 78.3 Å². The summed E-state index contributed by atoms with van der Waals surface area (Å²) in [5, 5.41) is -0.0446. The Morgan fingerprint density at radius 1 is 1.09 bits per heavy atom. The number of nitrogens with one attached hydrogen (secondary N) is 1. The molecule has 0 bridgehead atoms. The minimum absolute atomic E-state index is 0.113. The summed E-state index contributed by atoms with van der Waals surface area (Å²) in [5.74, 6) is 0.619. The fourth-order valence-corrected chi connectivity index (χ4v) is 10.7. The van der Waals surface area contributed by atoms with Gasteiger partial charge in [-0.05, 0) is 133 Å². The number of carbonyl (C=O) groups excluding carboxylic acids is 1. The van der Waals surface area contributed by atoms with Crippen LogP contribution in [0.3, 0.4) is 0 Å². The number of carbonyl (C=O) groups is 1. The first-order chi connectivity index (χ1) is 26.7. The van der Waals surface area contributed by atoms with Crippen molar-refractivity contribution in [2.45, 2.75) is 108 Å². The number of hydrogen-bond donors (Lipinski definition) is 1. The average molecular weight is 814 g/mol. The zero-order chi connectivity index (χ0) is 40.3. The number of fused-ring (bicyclic) bond motifs is 3. The molecular formula is C44H65ClN4O6S. The lowest BCUT2D eigenvalue weighted by Gasteiger charge is -2.56. The summed E-state index contributed by atoms with van der Waals surface area (Å²) in [4.78, 5) is 21.3. The number of nitrogens with zero attached hydrogens (tertiary/aromatic N) is 3. The van der Waals surface area contributed by atoms with Gasteiger partial charge in [-0.2, -0.15) is 0 Å². The van der Waals surface area contributed by atoms with Gasteiger partial charge >= 0.3 is 0 Å². The number of anilines is 1. The average Bonchev–Trinajstić information content (AvgIpc) is 3.30. The van der Waals surface area contributed by atoms with Crippen molar-refractivity contribution >= 4 is 33.2 Å². The van der Waals surface area contributed by atoms with Crippen molar-refractivity contribution in [2.75, 3.05) is 71.1 Å². The SMILES string of the molecule is CC/C=C/[C@@](OCC)([C@@H]1CC[C@H]1CN1C[C@@]2(CCCc3cc(Cl)ccc32)COc2ccc(C(=O)NS(=O)(=O)[C@@H](C)CCOC)cc21)N1CCN(C(C)(C)C)CC1. The van der Waals surface area contributed by atoms with Crippen LogP contribution in [-0.4, -0.2) is 107 Å². The summed E-state index contributed by atoms with van der Waals surface area (Å²) in [6.45, 7) is 19.5. The Hall–Kier alpha value is -2.67. The zero-order valence-electron chi connectivity index (χ0n) is 34.7. The Morgan fingerprint density at radius 2 is 1.84 bits per heavy atom. The van der Waals surface area contributed by atoms with E-state index in [4.69, 9.17) is 25.8 Å². The minimum Gasteiger partial charge on any atom is -0.490 e. The van der Waals surface area contributed by atoms with Crippen LogP contribution in [0.1, 0.15) is 102 Å². The number of sulfonamides is 1. The van der Waals surface area contributed by atoms with Crippen LogP contribution in [0.4, 0.5) is 5.69 Å². The summed E-state index contributed by atoms with van der Waals surface area (Å²) >= 11 is 6.53. The highest BCUT2D eigenvalue weighted by atomic mass is 35.5. The third-order valence-electron chi connectivity index (χ3n) is 12.9. The Balaban J connectivity index is 1.36. The second-order valence-corrected chi connectivity index (χ2v) is 20.0. The van der Waals surface area contributed by atoms with Crippen LogP contribution in [0.25, 0.3) is 0 Å². The van der Waals surface area contributed by atoms with E-state index in [-0.39, 0.29) is 35.5 Å². The van der Waals surface area contributed by atoms with Crippen LogP contribution in [-0.2, 0) is 31.3 Å². The number of rotatable bonds is 14. The van der Waals surface area contributed by atoms with E-state index in [9.17, 15) is 13.2 Å². The van der Waals surface area contributed by atoms with Gasteiger partial charge in [0.1, 0.15) is 11.5 Å². The van der Waals surface area contributed by atoms with Gasteiger partial charge in [-0.25, -0.2) is 13.1 Å². The number of halogens is 1. The first-order valence-electron chi connectivity index (χ1n) is 20.8. The normalized spacial score (nSPS) is 25.1. The lowest BCUT2D eigenvalue weighted by atomic mass is 9.66. The third-order valence-corrected chi connectivity index (χ3v) is 14.9. The van der Waals surface area contributed by atoms with Gasteiger partial charge in [-0.1, -0.05) is 30.7 Å². The first-order valence-corrected chi connectivity index (χ1v) is 22.8. The summed E-state index contributed by atoms with van der Waals surface area (Å²) < 4.78 is 47.5. The number of methoxy groups -OCH3 is 1.